The summed E-state index contributed by atoms with van der Waals surface area (Å²) in [4.78, 5) is 6.87. The first kappa shape index (κ1) is 14.4. The Hall–Kier alpha value is -2.24. The van der Waals surface area contributed by atoms with Gasteiger partial charge in [-0.15, -0.1) is 0 Å². The number of nitrogens with zero attached hydrogens (tertiary/aromatic N) is 1. The van der Waals surface area contributed by atoms with Gasteiger partial charge in [0.05, 0.1) is 6.04 Å². The van der Waals surface area contributed by atoms with E-state index in [1.807, 2.05) is 25.1 Å². The average molecular weight is 313 g/mol. The molecular formula is C18H19NO4. The Morgan fingerprint density at radius 3 is 2.74 bits per heavy atom. The highest BCUT2D eigenvalue weighted by Gasteiger charge is 2.36. The van der Waals surface area contributed by atoms with Crippen molar-refractivity contribution in [2.75, 3.05) is 25.2 Å². The largest absolute Gasteiger partial charge is 0.486 e. The van der Waals surface area contributed by atoms with Crippen molar-refractivity contribution in [1.82, 2.24) is 0 Å². The normalized spacial score (nSPS) is 23.6. The smallest absolute Gasteiger partial charge is 0.161 e. The molecule has 5 heteroatoms. The summed E-state index contributed by atoms with van der Waals surface area (Å²) < 4.78 is 11.5. The minimum atomic E-state index is -0.432. The maximum absolute atomic E-state index is 9.26. The number of fused-ring (bicyclic) bond motifs is 3. The molecule has 120 valence electrons. The number of ether oxygens (including phenoxy) is 2. The average Bonchev–Trinajstić information content (AvgIpc) is 2.60. The molecule has 4 rings (SSSR count). The molecular weight excluding hydrogens is 294 g/mol. The molecule has 1 N–H and O–H groups in total. The highest BCUT2D eigenvalue weighted by Crippen LogP contribution is 2.43. The Labute approximate surface area is 135 Å². The third-order valence-corrected chi connectivity index (χ3v) is 4.62. The molecule has 0 spiro atoms. The van der Waals surface area contributed by atoms with Crippen LogP contribution in [0.15, 0.2) is 53.5 Å². The maximum Gasteiger partial charge on any atom is 0.161 e. The van der Waals surface area contributed by atoms with Gasteiger partial charge >= 0.3 is 0 Å². The minimum absolute atomic E-state index is 0.0259. The van der Waals surface area contributed by atoms with Gasteiger partial charge in [0.25, 0.3) is 0 Å². The molecule has 0 amide bonds. The van der Waals surface area contributed by atoms with E-state index in [0.29, 0.717) is 13.2 Å². The summed E-state index contributed by atoms with van der Waals surface area (Å²) >= 11 is 0. The fraction of sp³-hybridized carbons (Fsp3) is 0.333. The molecule has 0 radical (unpaired) electrons. The van der Waals surface area contributed by atoms with Gasteiger partial charge in [0.2, 0.25) is 0 Å². The second-order valence-corrected chi connectivity index (χ2v) is 5.93. The van der Waals surface area contributed by atoms with Crippen molar-refractivity contribution in [3.8, 4) is 0 Å². The van der Waals surface area contributed by atoms with E-state index in [0.717, 1.165) is 33.9 Å². The molecule has 1 aromatic carbocycles. The fourth-order valence-corrected chi connectivity index (χ4v) is 3.53. The summed E-state index contributed by atoms with van der Waals surface area (Å²) in [5.41, 5.74) is 4.21. The predicted molar refractivity (Wildman–Crippen MR) is 86.8 cm³/mol. The molecule has 1 aromatic rings. The predicted octanol–water partition coefficient (Wildman–Crippen LogP) is 2.96. The third-order valence-electron chi connectivity index (χ3n) is 4.62. The molecule has 2 aliphatic heterocycles. The first-order valence-electron chi connectivity index (χ1n) is 7.76. The lowest BCUT2D eigenvalue weighted by molar-refractivity contribution is -0.258. The zero-order valence-corrected chi connectivity index (χ0v) is 13.2. The Morgan fingerprint density at radius 2 is 1.96 bits per heavy atom. The number of para-hydroxylation sites is 1. The van der Waals surface area contributed by atoms with Crippen LogP contribution >= 0.6 is 0 Å². The minimum Gasteiger partial charge on any atom is -0.486 e. The van der Waals surface area contributed by atoms with Crippen LogP contribution in [0.3, 0.4) is 0 Å². The molecule has 0 bridgehead atoms. The molecule has 1 saturated heterocycles. The van der Waals surface area contributed by atoms with Gasteiger partial charge in [-0.05, 0) is 36.3 Å². The van der Waals surface area contributed by atoms with Crippen LogP contribution in [0.2, 0.25) is 0 Å². The van der Waals surface area contributed by atoms with Crippen molar-refractivity contribution < 1.29 is 19.6 Å². The Bertz CT molecular complexity index is 734. The Kier molecular flexibility index (Phi) is 3.39. The van der Waals surface area contributed by atoms with E-state index in [1.54, 1.807) is 0 Å². The van der Waals surface area contributed by atoms with Crippen LogP contribution in [-0.2, 0) is 14.4 Å². The van der Waals surface area contributed by atoms with Crippen molar-refractivity contribution in [2.45, 2.75) is 19.1 Å². The van der Waals surface area contributed by atoms with Crippen LogP contribution in [0, 0.1) is 0 Å². The third kappa shape index (κ3) is 2.16. The van der Waals surface area contributed by atoms with Crippen LogP contribution in [0.25, 0.3) is 5.57 Å². The number of anilines is 1. The molecule has 2 atom stereocenters. The molecule has 3 aliphatic rings. The summed E-state index contributed by atoms with van der Waals surface area (Å²) in [7, 11) is 2.06. The Balaban J connectivity index is 1.94. The second-order valence-electron chi connectivity index (χ2n) is 5.93. The second kappa shape index (κ2) is 5.44. The lowest BCUT2D eigenvalue weighted by atomic mass is 9.83. The number of likely N-dealkylation sites (N-methyl/N-ethyl adjacent to an activating group) is 1. The highest BCUT2D eigenvalue weighted by molar-refractivity contribution is 5.87. The summed E-state index contributed by atoms with van der Waals surface area (Å²) in [6, 6.07) is 8.16. The van der Waals surface area contributed by atoms with E-state index < -0.39 is 6.10 Å². The maximum atomic E-state index is 9.26. The molecule has 1 aliphatic carbocycles. The van der Waals surface area contributed by atoms with E-state index in [-0.39, 0.29) is 6.04 Å². The first-order valence-corrected chi connectivity index (χ1v) is 7.76. The lowest BCUT2D eigenvalue weighted by Gasteiger charge is -2.40. The SMILES string of the molecule is CC(OO)C1=C2C=C3OCCOC3=CC2N(C)c2ccccc21. The van der Waals surface area contributed by atoms with Gasteiger partial charge in [0.15, 0.2) is 11.5 Å². The quantitative estimate of drug-likeness (QED) is 0.672. The van der Waals surface area contributed by atoms with E-state index in [1.165, 1.54) is 0 Å². The number of benzene rings is 1. The van der Waals surface area contributed by atoms with E-state index in [4.69, 9.17) is 9.47 Å². The molecule has 2 heterocycles. The zero-order chi connectivity index (χ0) is 16.0. The zero-order valence-electron chi connectivity index (χ0n) is 13.2. The van der Waals surface area contributed by atoms with Crippen LogP contribution in [0.5, 0.6) is 0 Å². The first-order chi connectivity index (χ1) is 11.2. The summed E-state index contributed by atoms with van der Waals surface area (Å²) in [5.74, 6) is 1.53. The fourth-order valence-electron chi connectivity index (χ4n) is 3.53. The highest BCUT2D eigenvalue weighted by atomic mass is 17.1. The summed E-state index contributed by atoms with van der Waals surface area (Å²) in [6.07, 6.45) is 3.65. The monoisotopic (exact) mass is 313 g/mol. The van der Waals surface area contributed by atoms with Crippen LogP contribution in [0.1, 0.15) is 12.5 Å². The number of hydrogen-bond acceptors (Lipinski definition) is 5. The lowest BCUT2D eigenvalue weighted by Crippen LogP contribution is -2.39. The van der Waals surface area contributed by atoms with Gasteiger partial charge < -0.3 is 14.4 Å². The topological polar surface area (TPSA) is 51.2 Å². The van der Waals surface area contributed by atoms with Gasteiger partial charge in [0.1, 0.15) is 19.3 Å². The number of rotatable bonds is 2. The van der Waals surface area contributed by atoms with Gasteiger partial charge in [-0.2, -0.15) is 0 Å². The molecule has 0 saturated carbocycles. The van der Waals surface area contributed by atoms with Crippen molar-refractivity contribution >= 4 is 11.3 Å². The molecule has 0 aromatic heterocycles. The van der Waals surface area contributed by atoms with Crippen LogP contribution in [-0.4, -0.2) is 37.7 Å². The van der Waals surface area contributed by atoms with Gasteiger partial charge in [0, 0.05) is 18.3 Å². The molecule has 5 nitrogen and oxygen atoms in total. The molecule has 2 unspecified atom stereocenters. The van der Waals surface area contributed by atoms with E-state index in [2.05, 4.69) is 35.0 Å². The van der Waals surface area contributed by atoms with Crippen molar-refractivity contribution in [3.05, 3.63) is 59.1 Å². The van der Waals surface area contributed by atoms with Crippen LogP contribution < -0.4 is 4.90 Å². The van der Waals surface area contributed by atoms with Crippen molar-refractivity contribution in [1.29, 1.82) is 0 Å². The van der Waals surface area contributed by atoms with Crippen molar-refractivity contribution in [2.24, 2.45) is 0 Å². The van der Waals surface area contributed by atoms with Gasteiger partial charge in [-0.1, -0.05) is 18.2 Å². The number of hydrogen-bond donors (Lipinski definition) is 1. The summed E-state index contributed by atoms with van der Waals surface area (Å²) in [6.45, 7) is 2.96. The standard InChI is InChI=1S/C18H19NO4/c1-11(23-20)18-12-5-3-4-6-14(12)19(2)15-10-17-16(9-13(15)18)21-7-8-22-17/h3-6,9-11,15,20H,7-8H2,1-2H3. The molecule has 1 fully saturated rings. The molecule has 23 heavy (non-hydrogen) atoms. The van der Waals surface area contributed by atoms with E-state index in [9.17, 15) is 5.26 Å². The van der Waals surface area contributed by atoms with Crippen molar-refractivity contribution in [3.63, 3.8) is 0 Å². The van der Waals surface area contributed by atoms with Crippen LogP contribution in [0.4, 0.5) is 5.69 Å². The Morgan fingerprint density at radius 1 is 1.22 bits per heavy atom. The summed E-state index contributed by atoms with van der Waals surface area (Å²) in [5, 5.41) is 9.26. The van der Waals surface area contributed by atoms with Gasteiger partial charge in [-0.3, -0.25) is 5.26 Å². The van der Waals surface area contributed by atoms with E-state index >= 15 is 0 Å². The van der Waals surface area contributed by atoms with Gasteiger partial charge in [-0.25, -0.2) is 4.89 Å².